The van der Waals surface area contributed by atoms with Crippen LogP contribution in [0.1, 0.15) is 0 Å². The molecule has 242 valence electrons. The Bertz CT molecular complexity index is 3100. The van der Waals surface area contributed by atoms with Crippen LogP contribution in [0.15, 0.2) is 176 Å². The lowest BCUT2D eigenvalue weighted by atomic mass is 9.98. The Morgan fingerprint density at radius 2 is 1.02 bits per heavy atom. The van der Waals surface area contributed by atoms with Crippen molar-refractivity contribution < 1.29 is 0 Å². The number of benzene rings is 8. The Morgan fingerprint density at radius 3 is 1.73 bits per heavy atom. The average molecular weight is 680 g/mol. The van der Waals surface area contributed by atoms with Gasteiger partial charge in [-0.1, -0.05) is 133 Å². The number of thiophene rings is 1. The first-order valence-electron chi connectivity index (χ1n) is 17.6. The summed E-state index contributed by atoms with van der Waals surface area (Å²) in [5.74, 6) is 0.706. The number of nitrogens with zero attached hydrogens (tertiary/aromatic N) is 3. The first kappa shape index (κ1) is 29.1. The number of fused-ring (bicyclic) bond motifs is 12. The largest absolute Gasteiger partial charge is 0.309 e. The summed E-state index contributed by atoms with van der Waals surface area (Å²) in [6, 6.07) is 62.8. The van der Waals surface area contributed by atoms with Crippen LogP contribution in [-0.2, 0) is 0 Å². The van der Waals surface area contributed by atoms with E-state index in [9.17, 15) is 0 Å². The quantitative estimate of drug-likeness (QED) is 0.185. The summed E-state index contributed by atoms with van der Waals surface area (Å²) >= 11 is 1.91. The summed E-state index contributed by atoms with van der Waals surface area (Å²) in [6.07, 6.45) is 0. The number of hydrogen-bond acceptors (Lipinski definition) is 3. The maximum Gasteiger partial charge on any atom is 0.160 e. The van der Waals surface area contributed by atoms with Gasteiger partial charge in [-0.05, 0) is 58.6 Å². The maximum absolute atomic E-state index is 5.11. The van der Waals surface area contributed by atoms with Crippen LogP contribution in [0, 0.1) is 0 Å². The molecule has 0 bridgehead atoms. The number of rotatable bonds is 4. The highest BCUT2D eigenvalue weighted by molar-refractivity contribution is 7.27. The Labute approximate surface area is 303 Å². The first-order valence-corrected chi connectivity index (χ1v) is 18.4. The minimum absolute atomic E-state index is 0.706. The second-order valence-corrected chi connectivity index (χ2v) is 14.4. The summed E-state index contributed by atoms with van der Waals surface area (Å²) in [6.45, 7) is 0. The van der Waals surface area contributed by atoms with Crippen LogP contribution in [0.3, 0.4) is 0 Å². The molecule has 0 aliphatic rings. The van der Waals surface area contributed by atoms with Crippen LogP contribution in [0.2, 0.25) is 0 Å². The summed E-state index contributed by atoms with van der Waals surface area (Å²) < 4.78 is 5.13. The van der Waals surface area contributed by atoms with Gasteiger partial charge < -0.3 is 4.57 Å². The van der Waals surface area contributed by atoms with Crippen molar-refractivity contribution in [1.82, 2.24) is 14.5 Å². The van der Waals surface area contributed by atoms with Gasteiger partial charge in [0.1, 0.15) is 0 Å². The van der Waals surface area contributed by atoms with E-state index in [2.05, 4.69) is 168 Å². The minimum Gasteiger partial charge on any atom is -0.309 e. The summed E-state index contributed by atoms with van der Waals surface area (Å²) in [5, 5.41) is 10.3. The lowest BCUT2D eigenvalue weighted by molar-refractivity contribution is 1.17. The third-order valence-electron chi connectivity index (χ3n) is 10.4. The van der Waals surface area contributed by atoms with Crippen LogP contribution in [0.4, 0.5) is 0 Å². The normalized spacial score (nSPS) is 11.8. The second-order valence-electron chi connectivity index (χ2n) is 13.3. The van der Waals surface area contributed by atoms with Crippen LogP contribution < -0.4 is 0 Å². The molecule has 0 aliphatic carbocycles. The van der Waals surface area contributed by atoms with Gasteiger partial charge in [0.05, 0.1) is 22.4 Å². The molecule has 0 amide bonds. The summed E-state index contributed by atoms with van der Waals surface area (Å²) in [5.41, 5.74) is 8.46. The Morgan fingerprint density at radius 1 is 0.423 bits per heavy atom. The Balaban J connectivity index is 1.19. The van der Waals surface area contributed by atoms with E-state index < -0.39 is 0 Å². The van der Waals surface area contributed by atoms with Crippen LogP contribution in [0.25, 0.3) is 103 Å². The van der Waals surface area contributed by atoms with Gasteiger partial charge in [-0.15, -0.1) is 11.3 Å². The molecule has 0 saturated heterocycles. The fraction of sp³-hybridized carbons (Fsp3) is 0. The highest BCUT2D eigenvalue weighted by atomic mass is 32.1. The highest BCUT2D eigenvalue weighted by Crippen LogP contribution is 2.49. The Kier molecular flexibility index (Phi) is 6.42. The van der Waals surface area contributed by atoms with E-state index in [1.54, 1.807) is 0 Å². The third-order valence-corrected chi connectivity index (χ3v) is 11.6. The van der Waals surface area contributed by atoms with E-state index in [4.69, 9.17) is 9.97 Å². The zero-order chi connectivity index (χ0) is 34.2. The SMILES string of the molecule is c1ccc(-c2cc(-c3ccccc3)nc(-c3ccc(-n4c5ccc6ccccc6c5c5c6sc7ccccc7c6c6ccccc6c54)cc3)n2)cc1. The molecular weight excluding hydrogens is 651 g/mol. The third kappa shape index (κ3) is 4.38. The van der Waals surface area contributed by atoms with Crippen molar-refractivity contribution in [3.8, 4) is 39.6 Å². The smallest absolute Gasteiger partial charge is 0.160 e. The predicted octanol–water partition coefficient (Wildman–Crippen LogP) is 13.2. The van der Waals surface area contributed by atoms with Crippen molar-refractivity contribution in [3.05, 3.63) is 176 Å². The monoisotopic (exact) mass is 679 g/mol. The van der Waals surface area contributed by atoms with Crippen LogP contribution >= 0.6 is 11.3 Å². The lowest BCUT2D eigenvalue weighted by Gasteiger charge is -2.13. The van der Waals surface area contributed by atoms with Crippen LogP contribution in [0.5, 0.6) is 0 Å². The van der Waals surface area contributed by atoms with Gasteiger partial charge in [0, 0.05) is 58.7 Å². The molecule has 8 aromatic carbocycles. The van der Waals surface area contributed by atoms with Crippen molar-refractivity contribution in [1.29, 1.82) is 0 Å². The van der Waals surface area contributed by atoms with E-state index >= 15 is 0 Å². The molecule has 3 aromatic heterocycles. The molecule has 0 N–H and O–H groups in total. The molecule has 0 aliphatic heterocycles. The van der Waals surface area contributed by atoms with Crippen molar-refractivity contribution in [2.24, 2.45) is 0 Å². The van der Waals surface area contributed by atoms with E-state index in [0.717, 1.165) is 33.8 Å². The molecule has 0 atom stereocenters. The standard InChI is InChI=1S/C48H29N3S/c1-3-14-31(15-4-1)39-29-40(32-16-5-2-6-17-32)50-48(49-39)33-23-26-34(27-24-33)51-41-28-25-30-13-7-8-18-35(30)44(41)45-46(51)37-20-10-9-19-36(37)43-38-21-11-12-22-42(38)52-47(43)45/h1-29H. The average Bonchev–Trinajstić information content (AvgIpc) is 3.79. The van der Waals surface area contributed by atoms with Crippen molar-refractivity contribution in [2.45, 2.75) is 0 Å². The Hall–Kier alpha value is -6.62. The highest BCUT2D eigenvalue weighted by Gasteiger charge is 2.23. The van der Waals surface area contributed by atoms with E-state index in [1.165, 1.54) is 63.5 Å². The summed E-state index contributed by atoms with van der Waals surface area (Å²) in [7, 11) is 0. The van der Waals surface area contributed by atoms with Gasteiger partial charge in [-0.3, -0.25) is 0 Å². The molecule has 11 aromatic rings. The number of hydrogen-bond donors (Lipinski definition) is 0. The fourth-order valence-electron chi connectivity index (χ4n) is 8.05. The topological polar surface area (TPSA) is 30.7 Å². The number of aromatic nitrogens is 3. The zero-order valence-corrected chi connectivity index (χ0v) is 28.8. The molecule has 52 heavy (non-hydrogen) atoms. The van der Waals surface area contributed by atoms with Gasteiger partial charge in [-0.25, -0.2) is 9.97 Å². The van der Waals surface area contributed by atoms with Gasteiger partial charge in [0.25, 0.3) is 0 Å². The molecule has 3 heterocycles. The van der Waals surface area contributed by atoms with Gasteiger partial charge in [0.15, 0.2) is 5.82 Å². The molecule has 0 radical (unpaired) electrons. The van der Waals surface area contributed by atoms with E-state index in [-0.39, 0.29) is 0 Å². The molecule has 4 heteroatoms. The summed E-state index contributed by atoms with van der Waals surface area (Å²) in [4.78, 5) is 10.2. The first-order chi connectivity index (χ1) is 25.8. The van der Waals surface area contributed by atoms with Gasteiger partial charge in [0.2, 0.25) is 0 Å². The molecule has 0 fully saturated rings. The second kappa shape index (κ2) is 11.5. The molecule has 0 spiro atoms. The van der Waals surface area contributed by atoms with E-state index in [1.807, 2.05) is 23.5 Å². The van der Waals surface area contributed by atoms with E-state index in [0.29, 0.717) is 5.82 Å². The zero-order valence-electron chi connectivity index (χ0n) is 28.0. The molecule has 3 nitrogen and oxygen atoms in total. The minimum atomic E-state index is 0.706. The van der Waals surface area contributed by atoms with Gasteiger partial charge >= 0.3 is 0 Å². The molecule has 0 saturated carbocycles. The molecular formula is C48H29N3S. The lowest BCUT2D eigenvalue weighted by Crippen LogP contribution is -1.97. The van der Waals surface area contributed by atoms with Crippen molar-refractivity contribution in [3.63, 3.8) is 0 Å². The molecule has 11 rings (SSSR count). The van der Waals surface area contributed by atoms with Crippen molar-refractivity contribution >= 4 is 74.9 Å². The maximum atomic E-state index is 5.11. The van der Waals surface area contributed by atoms with Gasteiger partial charge in [-0.2, -0.15) is 0 Å². The predicted molar refractivity (Wildman–Crippen MR) is 221 cm³/mol. The van der Waals surface area contributed by atoms with Crippen molar-refractivity contribution in [2.75, 3.05) is 0 Å². The fourth-order valence-corrected chi connectivity index (χ4v) is 9.32. The molecule has 0 unspecified atom stereocenters. The van der Waals surface area contributed by atoms with Crippen LogP contribution in [-0.4, -0.2) is 14.5 Å².